The number of nitrogens with one attached hydrogen (secondary N) is 1. The summed E-state index contributed by atoms with van der Waals surface area (Å²) in [7, 11) is 1.49. The highest BCUT2D eigenvalue weighted by Crippen LogP contribution is 2.50. The van der Waals surface area contributed by atoms with E-state index in [0.29, 0.717) is 29.1 Å². The van der Waals surface area contributed by atoms with Crippen LogP contribution >= 0.6 is 11.6 Å². The number of hydrogen-bond acceptors (Lipinski definition) is 5. The first-order valence-electron chi connectivity index (χ1n) is 12.9. The van der Waals surface area contributed by atoms with E-state index in [0.717, 1.165) is 5.56 Å². The Morgan fingerprint density at radius 3 is 2.51 bits per heavy atom. The number of aromatic nitrogens is 1. The molecule has 3 aliphatic rings. The Morgan fingerprint density at radius 2 is 1.92 bits per heavy atom. The molecule has 1 aromatic carbocycles. The van der Waals surface area contributed by atoms with Gasteiger partial charge >= 0.3 is 0 Å². The lowest BCUT2D eigenvalue weighted by Gasteiger charge is -2.36. The minimum atomic E-state index is -1.81. The van der Waals surface area contributed by atoms with Crippen LogP contribution in [0.15, 0.2) is 42.7 Å². The van der Waals surface area contributed by atoms with Gasteiger partial charge in [-0.25, -0.2) is 4.39 Å². The fourth-order valence-corrected chi connectivity index (χ4v) is 6.25. The van der Waals surface area contributed by atoms with Gasteiger partial charge < -0.3 is 20.9 Å². The number of carbonyl (C=O) groups excluding carboxylic acids is 4. The zero-order valence-corrected chi connectivity index (χ0v) is 22.8. The number of alkyl halides is 1. The highest BCUT2D eigenvalue weighted by atomic mass is 35.5. The van der Waals surface area contributed by atoms with Gasteiger partial charge in [0.2, 0.25) is 23.6 Å². The van der Waals surface area contributed by atoms with Crippen LogP contribution < -0.4 is 11.1 Å². The maximum atomic E-state index is 15.1. The molecule has 206 valence electrons. The lowest BCUT2D eigenvalue weighted by molar-refractivity contribution is -0.149. The van der Waals surface area contributed by atoms with E-state index >= 15 is 4.39 Å². The maximum absolute atomic E-state index is 15.1. The van der Waals surface area contributed by atoms with Crippen molar-refractivity contribution in [2.24, 2.45) is 5.73 Å². The lowest BCUT2D eigenvalue weighted by Crippen LogP contribution is -2.56. The average Bonchev–Trinajstić information content (AvgIpc) is 3.53. The Balaban J connectivity index is 1.50. The van der Waals surface area contributed by atoms with E-state index in [9.17, 15) is 19.2 Å². The van der Waals surface area contributed by atoms with Crippen molar-refractivity contribution in [2.75, 3.05) is 18.9 Å². The summed E-state index contributed by atoms with van der Waals surface area (Å²) in [6.07, 6.45) is 4.05. The number of rotatable bonds is 7. The van der Waals surface area contributed by atoms with Crippen molar-refractivity contribution in [3.05, 3.63) is 58.9 Å². The normalized spacial score (nSPS) is 23.8. The third-order valence-electron chi connectivity index (χ3n) is 8.29. The van der Waals surface area contributed by atoms with Crippen LogP contribution in [0.25, 0.3) is 0 Å². The topological polar surface area (TPSA) is 126 Å². The largest absolute Gasteiger partial charge is 0.368 e. The molecule has 1 saturated heterocycles. The first kappa shape index (κ1) is 27.1. The van der Waals surface area contributed by atoms with Crippen molar-refractivity contribution in [1.29, 1.82) is 0 Å². The summed E-state index contributed by atoms with van der Waals surface area (Å²) in [6.45, 7) is 2.52. The molecule has 3 heterocycles. The molecule has 2 aromatic rings. The molecule has 11 heteroatoms. The molecule has 2 fully saturated rings. The second kappa shape index (κ2) is 9.29. The second-order valence-electron chi connectivity index (χ2n) is 11.5. The fourth-order valence-electron chi connectivity index (χ4n) is 6.08. The Kier molecular flexibility index (Phi) is 6.44. The number of primary amides is 1. The van der Waals surface area contributed by atoms with E-state index in [-0.39, 0.29) is 31.2 Å². The smallest absolute Gasteiger partial charge is 0.246 e. The number of halogens is 2. The van der Waals surface area contributed by atoms with E-state index < -0.39 is 40.4 Å². The van der Waals surface area contributed by atoms with Gasteiger partial charge in [0.1, 0.15) is 17.8 Å². The number of fused-ring (bicyclic) bond motifs is 2. The van der Waals surface area contributed by atoms with Crippen LogP contribution in [-0.4, -0.2) is 69.8 Å². The van der Waals surface area contributed by atoms with Crippen LogP contribution in [-0.2, 0) is 30.0 Å². The molecule has 2 aliphatic heterocycles. The summed E-state index contributed by atoms with van der Waals surface area (Å²) >= 11 is 6.23. The molecule has 3 N–H and O–H groups in total. The summed E-state index contributed by atoms with van der Waals surface area (Å²) in [6, 6.07) is 6.13. The van der Waals surface area contributed by atoms with Gasteiger partial charge in [-0.15, -0.1) is 0 Å². The number of pyridine rings is 1. The standard InChI is InChI=1S/C28H31ClFN5O4/c1-26(2,30)13-21(34(3)25(39)27(8-9-27)16-6-10-32-11-7-16)23(37)35-15-28(14-20(35)22(31)36)18-12-17(29)4-5-19(18)33-24(28)38/h4-7,10-12,20-21H,8-9,13-15H2,1-3H3,(H2,31,36)(H,33,38)/t20-,21-,28-/m0/s1. The number of hydrogen-bond donors (Lipinski definition) is 2. The zero-order valence-electron chi connectivity index (χ0n) is 22.0. The maximum Gasteiger partial charge on any atom is 0.246 e. The van der Waals surface area contributed by atoms with Crippen LogP contribution in [0.4, 0.5) is 10.1 Å². The predicted octanol–water partition coefficient (Wildman–Crippen LogP) is 2.71. The summed E-state index contributed by atoms with van der Waals surface area (Å²) in [5.74, 6) is -2.10. The van der Waals surface area contributed by atoms with Crippen molar-refractivity contribution in [3.63, 3.8) is 0 Å². The lowest BCUT2D eigenvalue weighted by atomic mass is 9.79. The van der Waals surface area contributed by atoms with Crippen molar-refractivity contribution in [1.82, 2.24) is 14.8 Å². The molecule has 0 unspecified atom stereocenters. The van der Waals surface area contributed by atoms with Crippen molar-refractivity contribution in [3.8, 4) is 0 Å². The number of likely N-dealkylation sites (N-methyl/N-ethyl adjacent to an activating group) is 1. The molecule has 1 aromatic heterocycles. The van der Waals surface area contributed by atoms with Gasteiger partial charge in [-0.3, -0.25) is 24.2 Å². The highest BCUT2D eigenvalue weighted by Gasteiger charge is 2.59. The number of anilines is 1. The molecule has 39 heavy (non-hydrogen) atoms. The molecule has 9 nitrogen and oxygen atoms in total. The van der Waals surface area contributed by atoms with Crippen LogP contribution in [0.3, 0.4) is 0 Å². The second-order valence-corrected chi connectivity index (χ2v) is 11.9. The van der Waals surface area contributed by atoms with E-state index in [1.54, 1.807) is 42.7 Å². The zero-order chi connectivity index (χ0) is 28.3. The first-order chi connectivity index (χ1) is 18.3. The first-order valence-corrected chi connectivity index (χ1v) is 13.2. The van der Waals surface area contributed by atoms with Gasteiger partial charge in [-0.1, -0.05) is 11.6 Å². The average molecular weight is 556 g/mol. The molecule has 1 spiro atoms. The van der Waals surface area contributed by atoms with E-state index in [2.05, 4.69) is 10.3 Å². The van der Waals surface area contributed by atoms with E-state index in [1.807, 2.05) is 0 Å². The monoisotopic (exact) mass is 555 g/mol. The summed E-state index contributed by atoms with van der Waals surface area (Å²) in [4.78, 5) is 60.5. The summed E-state index contributed by atoms with van der Waals surface area (Å²) < 4.78 is 15.1. The quantitative estimate of drug-likeness (QED) is 0.543. The Morgan fingerprint density at radius 1 is 1.26 bits per heavy atom. The molecular weight excluding hydrogens is 525 g/mol. The third-order valence-corrected chi connectivity index (χ3v) is 8.53. The Hall–Kier alpha value is -3.53. The van der Waals surface area contributed by atoms with Crippen molar-refractivity contribution in [2.45, 2.75) is 68.1 Å². The van der Waals surface area contributed by atoms with Gasteiger partial charge in [-0.2, -0.15) is 0 Å². The number of nitrogens with two attached hydrogens (primary N) is 1. The molecule has 1 saturated carbocycles. The number of carbonyl (C=O) groups is 4. The number of nitrogens with zero attached hydrogens (tertiary/aromatic N) is 3. The predicted molar refractivity (Wildman–Crippen MR) is 143 cm³/mol. The van der Waals surface area contributed by atoms with Crippen LogP contribution in [0.2, 0.25) is 5.02 Å². The van der Waals surface area contributed by atoms with Gasteiger partial charge in [0.25, 0.3) is 0 Å². The molecule has 4 amide bonds. The SMILES string of the molecule is CN(C(=O)C1(c2ccncc2)CC1)[C@@H](CC(C)(C)F)C(=O)N1C[C@]2(C[C@H]1C(N)=O)C(=O)Nc1ccc(Cl)cc12. The third kappa shape index (κ3) is 4.54. The molecule has 5 rings (SSSR count). The minimum absolute atomic E-state index is 0.0440. The van der Waals surface area contributed by atoms with Crippen LogP contribution in [0.1, 0.15) is 50.7 Å². The minimum Gasteiger partial charge on any atom is -0.368 e. The van der Waals surface area contributed by atoms with Crippen LogP contribution in [0, 0.1) is 0 Å². The van der Waals surface area contributed by atoms with Gasteiger partial charge in [0, 0.05) is 43.1 Å². The van der Waals surface area contributed by atoms with E-state index in [1.165, 1.54) is 30.7 Å². The number of likely N-dealkylation sites (tertiary alicyclic amines) is 1. The van der Waals surface area contributed by atoms with Crippen molar-refractivity contribution < 1.29 is 23.6 Å². The molecule has 1 aliphatic carbocycles. The van der Waals surface area contributed by atoms with Gasteiger partial charge in [0.15, 0.2) is 0 Å². The highest BCUT2D eigenvalue weighted by molar-refractivity contribution is 6.31. The summed E-state index contributed by atoms with van der Waals surface area (Å²) in [5, 5.41) is 3.21. The fraction of sp³-hybridized carbons (Fsp3) is 0.464. The molecule has 3 atom stereocenters. The number of benzene rings is 1. The van der Waals surface area contributed by atoms with E-state index in [4.69, 9.17) is 17.3 Å². The molecular formula is C28H31ClFN5O4. The molecule has 0 bridgehead atoms. The molecule has 0 radical (unpaired) electrons. The van der Waals surface area contributed by atoms with Crippen LogP contribution in [0.5, 0.6) is 0 Å². The summed E-state index contributed by atoms with van der Waals surface area (Å²) in [5.41, 5.74) is 3.77. The van der Waals surface area contributed by atoms with Gasteiger partial charge in [0.05, 0.1) is 10.8 Å². The Labute approximate surface area is 230 Å². The van der Waals surface area contributed by atoms with Crippen molar-refractivity contribution >= 4 is 40.9 Å². The number of amides is 4. The van der Waals surface area contributed by atoms with Gasteiger partial charge in [-0.05, 0) is 74.6 Å². The Bertz CT molecular complexity index is 1360.